The number of sulfone groups is 1. The van der Waals surface area contributed by atoms with Crippen LogP contribution in [0.5, 0.6) is 0 Å². The molecule has 31 heavy (non-hydrogen) atoms. The Labute approximate surface area is 181 Å². The lowest BCUT2D eigenvalue weighted by Gasteiger charge is -2.28. The minimum atomic E-state index is -3.90. The minimum Gasteiger partial charge on any atom is -0.378 e. The molecule has 0 aliphatic carbocycles. The molecule has 1 aliphatic heterocycles. The number of hydrogen-bond acceptors (Lipinski definition) is 9. The molecule has 1 aliphatic rings. The van der Waals surface area contributed by atoms with Crippen molar-refractivity contribution in [2.24, 2.45) is 5.92 Å². The Bertz CT molecular complexity index is 1150. The van der Waals surface area contributed by atoms with Gasteiger partial charge in [-0.1, -0.05) is 37.2 Å². The third-order valence-electron chi connectivity index (χ3n) is 4.96. The number of aryl methyl sites for hydroxylation is 1. The quantitative estimate of drug-likeness (QED) is 0.537. The van der Waals surface area contributed by atoms with Crippen LogP contribution in [0.4, 0.5) is 5.95 Å². The smallest absolute Gasteiger partial charge is 0.256 e. The zero-order chi connectivity index (χ0) is 22.0. The lowest BCUT2D eigenvalue weighted by molar-refractivity contribution is 0.122. The number of morpholine rings is 1. The van der Waals surface area contributed by atoms with Gasteiger partial charge in [-0.15, -0.1) is 10.2 Å². The summed E-state index contributed by atoms with van der Waals surface area (Å²) < 4.78 is 38.9. The molecule has 0 atom stereocenters. The number of ether oxygens (including phenoxy) is 1. The lowest BCUT2D eigenvalue weighted by atomic mass is 10.1. The predicted molar refractivity (Wildman–Crippen MR) is 113 cm³/mol. The first-order valence-electron chi connectivity index (χ1n) is 10.2. The topological polar surface area (TPSA) is 116 Å². The van der Waals surface area contributed by atoms with Gasteiger partial charge in [0.1, 0.15) is 5.75 Å². The maximum absolute atomic E-state index is 13.3. The Kier molecular flexibility index (Phi) is 6.05. The molecular formula is C20H26N6O4S. The van der Waals surface area contributed by atoms with Gasteiger partial charge in [0.2, 0.25) is 21.7 Å². The van der Waals surface area contributed by atoms with Crippen molar-refractivity contribution in [2.45, 2.75) is 38.1 Å². The maximum Gasteiger partial charge on any atom is 0.256 e. The van der Waals surface area contributed by atoms with E-state index in [9.17, 15) is 8.42 Å². The molecule has 1 saturated heterocycles. The number of anilines is 1. The molecule has 0 unspecified atom stereocenters. The standard InChI is InChI=1S/C20H26N6O4S/c1-14(2)12-18-21-17(24-30-18)13-31(27,28)20-23-22-19(25-8-10-29-11-9-25)26(20)16-7-5-4-6-15(16)3/h4-7,14H,8-13H2,1-3H3. The van der Waals surface area contributed by atoms with E-state index in [0.717, 1.165) is 5.56 Å². The Morgan fingerprint density at radius 3 is 2.58 bits per heavy atom. The fraction of sp³-hybridized carbons (Fsp3) is 0.500. The van der Waals surface area contributed by atoms with Crippen LogP contribution < -0.4 is 4.90 Å². The second-order valence-corrected chi connectivity index (χ2v) is 9.85. The van der Waals surface area contributed by atoms with Gasteiger partial charge in [0, 0.05) is 19.5 Å². The highest BCUT2D eigenvalue weighted by atomic mass is 32.2. The fourth-order valence-corrected chi connectivity index (χ4v) is 4.68. The van der Waals surface area contributed by atoms with Crippen molar-refractivity contribution in [2.75, 3.05) is 31.2 Å². The third kappa shape index (κ3) is 4.62. The summed E-state index contributed by atoms with van der Waals surface area (Å²) in [6.45, 7) is 8.28. The zero-order valence-electron chi connectivity index (χ0n) is 17.9. The minimum absolute atomic E-state index is 0.114. The van der Waals surface area contributed by atoms with E-state index in [1.807, 2.05) is 49.9 Å². The number of rotatable bonds is 7. The number of hydrogen-bond donors (Lipinski definition) is 0. The summed E-state index contributed by atoms with van der Waals surface area (Å²) in [6, 6.07) is 7.55. The van der Waals surface area contributed by atoms with E-state index in [4.69, 9.17) is 9.26 Å². The zero-order valence-corrected chi connectivity index (χ0v) is 18.7. The molecular weight excluding hydrogens is 420 g/mol. The average Bonchev–Trinajstić information content (AvgIpc) is 3.35. The summed E-state index contributed by atoms with van der Waals surface area (Å²) in [5, 5.41) is 12.0. The molecule has 1 aromatic carbocycles. The van der Waals surface area contributed by atoms with Gasteiger partial charge in [0.05, 0.1) is 18.9 Å². The van der Waals surface area contributed by atoms with Gasteiger partial charge in [-0.3, -0.25) is 4.57 Å². The van der Waals surface area contributed by atoms with E-state index in [1.54, 1.807) is 4.57 Å². The summed E-state index contributed by atoms with van der Waals surface area (Å²) in [5.41, 5.74) is 1.62. The van der Waals surface area contributed by atoms with Gasteiger partial charge >= 0.3 is 0 Å². The van der Waals surface area contributed by atoms with Crippen LogP contribution >= 0.6 is 0 Å². The molecule has 0 spiro atoms. The number of benzene rings is 1. The Morgan fingerprint density at radius 1 is 1.13 bits per heavy atom. The van der Waals surface area contributed by atoms with Gasteiger partial charge in [0.25, 0.3) is 5.16 Å². The first-order chi connectivity index (χ1) is 14.8. The lowest BCUT2D eigenvalue weighted by Crippen LogP contribution is -2.38. The third-order valence-corrected chi connectivity index (χ3v) is 6.42. The first-order valence-corrected chi connectivity index (χ1v) is 11.9. The van der Waals surface area contributed by atoms with Crippen molar-refractivity contribution in [3.63, 3.8) is 0 Å². The van der Waals surface area contributed by atoms with E-state index in [2.05, 4.69) is 20.3 Å². The molecule has 1 fully saturated rings. The Morgan fingerprint density at radius 2 is 1.87 bits per heavy atom. The molecule has 0 bridgehead atoms. The number of para-hydroxylation sites is 1. The SMILES string of the molecule is Cc1ccccc1-n1c(N2CCOCC2)nnc1S(=O)(=O)Cc1noc(CC(C)C)n1. The summed E-state index contributed by atoms with van der Waals surface area (Å²) in [7, 11) is -3.90. The summed E-state index contributed by atoms with van der Waals surface area (Å²) in [5.74, 6) is 0.925. The highest BCUT2D eigenvalue weighted by Gasteiger charge is 2.31. The molecule has 166 valence electrons. The van der Waals surface area contributed by atoms with E-state index in [0.29, 0.717) is 56.2 Å². The molecule has 10 nitrogen and oxygen atoms in total. The molecule has 11 heteroatoms. The number of aromatic nitrogens is 5. The van der Waals surface area contributed by atoms with Gasteiger partial charge in [-0.25, -0.2) is 8.42 Å². The molecule has 0 amide bonds. The maximum atomic E-state index is 13.3. The van der Waals surface area contributed by atoms with Crippen LogP contribution in [0.2, 0.25) is 0 Å². The van der Waals surface area contributed by atoms with Crippen molar-refractivity contribution in [1.29, 1.82) is 0 Å². The molecule has 0 radical (unpaired) electrons. The van der Waals surface area contributed by atoms with E-state index < -0.39 is 15.6 Å². The monoisotopic (exact) mass is 446 g/mol. The van der Waals surface area contributed by atoms with Crippen molar-refractivity contribution < 1.29 is 17.7 Å². The van der Waals surface area contributed by atoms with Crippen LogP contribution in [0, 0.1) is 12.8 Å². The second-order valence-electron chi connectivity index (χ2n) is 7.97. The summed E-state index contributed by atoms with van der Waals surface area (Å²) in [4.78, 5) is 6.22. The van der Waals surface area contributed by atoms with Crippen LogP contribution in [0.25, 0.3) is 5.69 Å². The normalized spacial score (nSPS) is 15.0. The van der Waals surface area contributed by atoms with E-state index in [-0.39, 0.29) is 11.0 Å². The average molecular weight is 447 g/mol. The van der Waals surface area contributed by atoms with Crippen molar-refractivity contribution >= 4 is 15.8 Å². The number of nitrogens with zero attached hydrogens (tertiary/aromatic N) is 6. The van der Waals surface area contributed by atoms with Crippen LogP contribution in [0.15, 0.2) is 33.9 Å². The summed E-state index contributed by atoms with van der Waals surface area (Å²) in [6.07, 6.45) is 0.591. The molecule has 2 aromatic heterocycles. The molecule has 3 heterocycles. The first kappa shape index (κ1) is 21.4. The van der Waals surface area contributed by atoms with E-state index in [1.165, 1.54) is 0 Å². The highest BCUT2D eigenvalue weighted by Crippen LogP contribution is 2.27. The predicted octanol–water partition coefficient (Wildman–Crippen LogP) is 1.97. The van der Waals surface area contributed by atoms with Crippen molar-refractivity contribution in [3.8, 4) is 5.69 Å². The molecule has 0 saturated carbocycles. The Hall–Kier alpha value is -2.79. The second kappa shape index (κ2) is 8.75. The van der Waals surface area contributed by atoms with Gasteiger partial charge < -0.3 is 14.2 Å². The van der Waals surface area contributed by atoms with Gasteiger partial charge in [-0.2, -0.15) is 4.98 Å². The van der Waals surface area contributed by atoms with Crippen molar-refractivity contribution in [1.82, 2.24) is 24.9 Å². The molecule has 3 aromatic rings. The van der Waals surface area contributed by atoms with Crippen molar-refractivity contribution in [3.05, 3.63) is 41.5 Å². The van der Waals surface area contributed by atoms with Crippen LogP contribution in [0.3, 0.4) is 0 Å². The van der Waals surface area contributed by atoms with Gasteiger partial charge in [-0.05, 0) is 24.5 Å². The van der Waals surface area contributed by atoms with Crippen LogP contribution in [-0.2, 0) is 26.7 Å². The highest BCUT2D eigenvalue weighted by molar-refractivity contribution is 7.90. The molecule has 4 rings (SSSR count). The molecule has 0 N–H and O–H groups in total. The van der Waals surface area contributed by atoms with E-state index >= 15 is 0 Å². The Balaban J connectivity index is 1.74. The summed E-state index contributed by atoms with van der Waals surface area (Å²) >= 11 is 0. The van der Waals surface area contributed by atoms with Gasteiger partial charge in [0.15, 0.2) is 5.82 Å². The largest absolute Gasteiger partial charge is 0.378 e. The van der Waals surface area contributed by atoms with Crippen LogP contribution in [0.1, 0.15) is 31.1 Å². The van der Waals surface area contributed by atoms with Crippen LogP contribution in [-0.4, -0.2) is 59.6 Å². The fourth-order valence-electron chi connectivity index (χ4n) is 3.47.